The van der Waals surface area contributed by atoms with Gasteiger partial charge in [0, 0.05) is 31.3 Å². The number of imidazole rings is 1. The molecule has 5 rings (SSSR count). The lowest BCUT2D eigenvalue weighted by Crippen LogP contribution is -2.45. The van der Waals surface area contributed by atoms with Gasteiger partial charge in [-0.1, -0.05) is 0 Å². The number of fused-ring (bicyclic) bond motifs is 1. The fraction of sp³-hybridized carbons (Fsp3) is 0.261. The second kappa shape index (κ2) is 8.41. The second-order valence-electron chi connectivity index (χ2n) is 8.19. The van der Waals surface area contributed by atoms with Gasteiger partial charge in [0.25, 0.3) is 0 Å². The van der Waals surface area contributed by atoms with Crippen LogP contribution in [0, 0.1) is 18.6 Å². The first kappa shape index (κ1) is 21.8. The first-order valence-corrected chi connectivity index (χ1v) is 10.6. The van der Waals surface area contributed by atoms with E-state index in [0.29, 0.717) is 11.3 Å². The van der Waals surface area contributed by atoms with Gasteiger partial charge in [0.05, 0.1) is 54.3 Å². The Kier molecular flexibility index (Phi) is 5.40. The minimum absolute atomic E-state index is 0.105. The monoisotopic (exact) mass is 469 g/mol. The number of nitrogens with zero attached hydrogens (tertiary/aromatic N) is 5. The summed E-state index contributed by atoms with van der Waals surface area (Å²) in [4.78, 5) is 17.2. The lowest BCUT2D eigenvalue weighted by molar-refractivity contribution is -0.0214. The maximum absolute atomic E-state index is 15.3. The molecular weight excluding hydrogens is 448 g/mol. The Labute approximate surface area is 192 Å². The van der Waals surface area contributed by atoms with E-state index in [1.807, 2.05) is 13.0 Å². The number of aryl methyl sites for hydroxylation is 1. The van der Waals surface area contributed by atoms with E-state index in [9.17, 15) is 15.0 Å². The predicted octanol–water partition coefficient (Wildman–Crippen LogP) is 3.40. The third kappa shape index (κ3) is 3.94. The molecule has 1 atom stereocenters. The van der Waals surface area contributed by atoms with Gasteiger partial charge in [0.1, 0.15) is 17.3 Å². The van der Waals surface area contributed by atoms with Crippen molar-refractivity contribution in [3.8, 4) is 22.7 Å². The van der Waals surface area contributed by atoms with Crippen LogP contribution in [0.1, 0.15) is 11.3 Å². The van der Waals surface area contributed by atoms with Gasteiger partial charge in [-0.25, -0.2) is 23.2 Å². The van der Waals surface area contributed by atoms with Crippen molar-refractivity contribution in [1.82, 2.24) is 24.1 Å². The van der Waals surface area contributed by atoms with E-state index in [4.69, 9.17) is 4.74 Å². The summed E-state index contributed by atoms with van der Waals surface area (Å²) in [6.07, 6.45) is 2.84. The first-order chi connectivity index (χ1) is 16.3. The van der Waals surface area contributed by atoms with Gasteiger partial charge in [-0.15, -0.1) is 0 Å². The molecule has 1 aliphatic rings. The van der Waals surface area contributed by atoms with Crippen LogP contribution in [-0.4, -0.2) is 66.2 Å². The number of hydrogen-bond acceptors (Lipinski definition) is 5. The van der Waals surface area contributed by atoms with Crippen molar-refractivity contribution in [2.75, 3.05) is 19.7 Å². The van der Waals surface area contributed by atoms with E-state index in [1.54, 1.807) is 16.7 Å². The summed E-state index contributed by atoms with van der Waals surface area (Å²) in [5.74, 6) is -1.82. The lowest BCUT2D eigenvalue weighted by Gasteiger charge is -2.31. The van der Waals surface area contributed by atoms with Crippen LogP contribution in [-0.2, 0) is 11.2 Å². The summed E-state index contributed by atoms with van der Waals surface area (Å²) >= 11 is 0. The van der Waals surface area contributed by atoms with Crippen LogP contribution in [0.3, 0.4) is 0 Å². The zero-order valence-corrected chi connectivity index (χ0v) is 18.2. The van der Waals surface area contributed by atoms with Crippen molar-refractivity contribution < 1.29 is 28.5 Å². The van der Waals surface area contributed by atoms with Crippen molar-refractivity contribution >= 4 is 11.7 Å². The zero-order valence-electron chi connectivity index (χ0n) is 18.2. The molecule has 0 unspecified atom stereocenters. The topological polar surface area (TPSA) is 105 Å². The Bertz CT molecular complexity index is 1380. The highest BCUT2D eigenvalue weighted by atomic mass is 19.1. The standard InChI is InChI=1S/C23H21F2N5O4/c1-13-2-3-29-19(9-16-12-28(23(32)33)4-5-34-16)22(27-20(29)6-13)21-17(24)7-14(8-18(21)25)30-11-15(31)10-26-30/h2-3,6-8,10-11,16,31H,4-5,9,12H2,1H3,(H,32,33)/t16-/m0/s1. The van der Waals surface area contributed by atoms with Crippen LogP contribution >= 0.6 is 0 Å². The lowest BCUT2D eigenvalue weighted by atomic mass is 10.0. The third-order valence-electron chi connectivity index (χ3n) is 5.81. The van der Waals surface area contributed by atoms with Crippen LogP contribution in [0.5, 0.6) is 5.75 Å². The number of carboxylic acid groups (broad SMARTS) is 1. The molecule has 1 amide bonds. The second-order valence-corrected chi connectivity index (χ2v) is 8.19. The molecule has 3 aromatic heterocycles. The zero-order chi connectivity index (χ0) is 24.0. The van der Waals surface area contributed by atoms with E-state index in [0.717, 1.165) is 28.6 Å². The molecule has 0 aliphatic carbocycles. The SMILES string of the molecule is Cc1ccn2c(C[C@H]3CN(C(=O)O)CCO3)c(-c3c(F)cc(-n4cc(O)cn4)cc3F)nc2c1. The van der Waals surface area contributed by atoms with Crippen molar-refractivity contribution in [3.05, 3.63) is 65.7 Å². The molecule has 1 saturated heterocycles. The van der Waals surface area contributed by atoms with Crippen molar-refractivity contribution in [2.45, 2.75) is 19.4 Å². The normalized spacial score (nSPS) is 16.3. The van der Waals surface area contributed by atoms with Crippen LogP contribution in [0.2, 0.25) is 0 Å². The molecule has 0 spiro atoms. The summed E-state index contributed by atoms with van der Waals surface area (Å²) in [7, 11) is 0. The number of carbonyl (C=O) groups is 1. The van der Waals surface area contributed by atoms with Crippen LogP contribution < -0.4 is 0 Å². The highest BCUT2D eigenvalue weighted by Gasteiger charge is 2.28. The molecule has 0 saturated carbocycles. The summed E-state index contributed by atoms with van der Waals surface area (Å²) in [6.45, 7) is 2.52. The molecule has 1 aliphatic heterocycles. The number of morpholine rings is 1. The maximum atomic E-state index is 15.3. The number of aromatic hydroxyl groups is 1. The molecule has 34 heavy (non-hydrogen) atoms. The van der Waals surface area contributed by atoms with Gasteiger partial charge in [0.2, 0.25) is 0 Å². The molecule has 1 aromatic carbocycles. The summed E-state index contributed by atoms with van der Waals surface area (Å²) in [5.41, 5.74) is 1.86. The molecule has 9 nitrogen and oxygen atoms in total. The average molecular weight is 469 g/mol. The van der Waals surface area contributed by atoms with Gasteiger partial charge in [0.15, 0.2) is 5.75 Å². The third-order valence-corrected chi connectivity index (χ3v) is 5.81. The van der Waals surface area contributed by atoms with Gasteiger partial charge < -0.3 is 24.3 Å². The molecule has 1 fully saturated rings. The molecular formula is C23H21F2N5O4. The molecule has 2 N–H and O–H groups in total. The summed E-state index contributed by atoms with van der Waals surface area (Å²) in [6, 6.07) is 5.89. The highest BCUT2D eigenvalue weighted by Crippen LogP contribution is 2.33. The van der Waals surface area contributed by atoms with E-state index < -0.39 is 23.8 Å². The number of aromatic nitrogens is 4. The molecule has 4 aromatic rings. The van der Waals surface area contributed by atoms with Crippen molar-refractivity contribution in [1.29, 1.82) is 0 Å². The Morgan fingerprint density at radius 3 is 2.71 bits per heavy atom. The molecule has 11 heteroatoms. The first-order valence-electron chi connectivity index (χ1n) is 10.6. The quantitative estimate of drug-likeness (QED) is 0.475. The fourth-order valence-electron chi connectivity index (χ4n) is 4.20. The highest BCUT2D eigenvalue weighted by molar-refractivity contribution is 5.69. The van der Waals surface area contributed by atoms with Gasteiger partial charge in [-0.05, 0) is 24.6 Å². The number of rotatable bonds is 4. The van der Waals surface area contributed by atoms with Gasteiger partial charge in [-0.3, -0.25) is 0 Å². The number of hydrogen-bond donors (Lipinski definition) is 2. The number of amides is 1. The van der Waals surface area contributed by atoms with Gasteiger partial charge in [-0.2, -0.15) is 5.10 Å². The van der Waals surface area contributed by atoms with Crippen LogP contribution in [0.15, 0.2) is 42.9 Å². The number of ether oxygens (including phenoxy) is 1. The fourth-order valence-corrected chi connectivity index (χ4v) is 4.20. The van der Waals surface area contributed by atoms with E-state index in [-0.39, 0.29) is 48.8 Å². The van der Waals surface area contributed by atoms with Crippen LogP contribution in [0.25, 0.3) is 22.6 Å². The Morgan fingerprint density at radius 2 is 2.03 bits per heavy atom. The maximum Gasteiger partial charge on any atom is 0.407 e. The van der Waals surface area contributed by atoms with E-state index in [1.165, 1.54) is 11.1 Å². The van der Waals surface area contributed by atoms with Gasteiger partial charge >= 0.3 is 6.09 Å². The smallest absolute Gasteiger partial charge is 0.407 e. The largest absolute Gasteiger partial charge is 0.505 e. The van der Waals surface area contributed by atoms with Crippen molar-refractivity contribution in [3.63, 3.8) is 0 Å². The Balaban J connectivity index is 1.60. The summed E-state index contributed by atoms with van der Waals surface area (Å²) in [5, 5.41) is 22.7. The van der Waals surface area contributed by atoms with E-state index >= 15 is 8.78 Å². The summed E-state index contributed by atoms with van der Waals surface area (Å²) < 4.78 is 39.3. The molecule has 0 radical (unpaired) electrons. The minimum Gasteiger partial charge on any atom is -0.505 e. The number of benzene rings is 1. The Hall–Kier alpha value is -3.99. The number of halogens is 2. The van der Waals surface area contributed by atoms with Crippen LogP contribution in [0.4, 0.5) is 13.6 Å². The predicted molar refractivity (Wildman–Crippen MR) is 117 cm³/mol. The van der Waals surface area contributed by atoms with E-state index in [2.05, 4.69) is 10.1 Å². The average Bonchev–Trinajstić information content (AvgIpc) is 3.37. The Morgan fingerprint density at radius 1 is 1.26 bits per heavy atom. The van der Waals surface area contributed by atoms with Crippen molar-refractivity contribution in [2.24, 2.45) is 0 Å². The number of pyridine rings is 1. The minimum atomic E-state index is -1.04. The molecule has 0 bridgehead atoms. The molecule has 4 heterocycles. The molecule has 176 valence electrons.